The van der Waals surface area contributed by atoms with Gasteiger partial charge in [0, 0.05) is 16.4 Å². The van der Waals surface area contributed by atoms with E-state index in [1.54, 1.807) is 4.90 Å². The number of hydrogen-bond donors (Lipinski definition) is 0. The molecule has 1 amide bonds. The standard InChI is InChI=1S/C15H17FINO2/c16-13-12-8-11(17)6-7-18(14(12)13)15(19)20-9-10-4-2-1-3-5-10/h1-5,11-14H,6-9H2/t11?,12?,13-,14-/m0/s1. The number of amides is 1. The van der Waals surface area contributed by atoms with Crippen molar-refractivity contribution in [3.05, 3.63) is 35.9 Å². The number of alkyl halides is 2. The fourth-order valence-electron chi connectivity index (χ4n) is 2.84. The molecule has 0 radical (unpaired) electrons. The summed E-state index contributed by atoms with van der Waals surface area (Å²) < 4.78 is 19.5. The lowest BCUT2D eigenvalue weighted by atomic mass is 10.2. The number of rotatable bonds is 2. The van der Waals surface area contributed by atoms with E-state index < -0.39 is 6.17 Å². The Kier molecular flexibility index (Phi) is 4.14. The molecule has 0 aromatic heterocycles. The van der Waals surface area contributed by atoms with Gasteiger partial charge in [0.15, 0.2) is 0 Å². The van der Waals surface area contributed by atoms with E-state index in [2.05, 4.69) is 22.6 Å². The van der Waals surface area contributed by atoms with Gasteiger partial charge in [-0.05, 0) is 18.4 Å². The lowest BCUT2D eigenvalue weighted by molar-refractivity contribution is 0.0905. The summed E-state index contributed by atoms with van der Waals surface area (Å²) in [5.41, 5.74) is 0.951. The molecule has 1 aliphatic carbocycles. The summed E-state index contributed by atoms with van der Waals surface area (Å²) in [7, 11) is 0. The molecule has 1 aromatic carbocycles. The first-order valence-electron chi connectivity index (χ1n) is 6.92. The predicted molar refractivity (Wildman–Crippen MR) is 82.5 cm³/mol. The van der Waals surface area contributed by atoms with Gasteiger partial charge >= 0.3 is 6.09 Å². The Hall–Kier alpha value is -0.850. The van der Waals surface area contributed by atoms with E-state index in [0.717, 1.165) is 18.4 Å². The van der Waals surface area contributed by atoms with Crippen molar-refractivity contribution in [2.75, 3.05) is 6.54 Å². The molecule has 1 aromatic rings. The maximum absolute atomic E-state index is 13.8. The van der Waals surface area contributed by atoms with Crippen LogP contribution in [0.2, 0.25) is 0 Å². The molecule has 0 N–H and O–H groups in total. The highest BCUT2D eigenvalue weighted by atomic mass is 127. The molecule has 2 unspecified atom stereocenters. The highest BCUT2D eigenvalue weighted by Gasteiger charge is 2.57. The third-order valence-electron chi connectivity index (χ3n) is 4.04. The molecule has 4 atom stereocenters. The Morgan fingerprint density at radius 3 is 2.90 bits per heavy atom. The van der Waals surface area contributed by atoms with Crippen molar-refractivity contribution in [1.82, 2.24) is 4.90 Å². The highest BCUT2D eigenvalue weighted by molar-refractivity contribution is 14.1. The van der Waals surface area contributed by atoms with E-state index >= 15 is 0 Å². The number of likely N-dealkylation sites (tertiary alicyclic amines) is 1. The van der Waals surface area contributed by atoms with E-state index in [-0.39, 0.29) is 24.7 Å². The fraction of sp³-hybridized carbons (Fsp3) is 0.533. The van der Waals surface area contributed by atoms with Crippen LogP contribution in [0.15, 0.2) is 30.3 Å². The second-order valence-corrected chi connectivity index (χ2v) is 7.22. The van der Waals surface area contributed by atoms with Gasteiger partial charge in [0.1, 0.15) is 12.8 Å². The smallest absolute Gasteiger partial charge is 0.410 e. The summed E-state index contributed by atoms with van der Waals surface area (Å²) in [4.78, 5) is 13.7. The average molecular weight is 389 g/mol. The monoisotopic (exact) mass is 389 g/mol. The van der Waals surface area contributed by atoms with Crippen LogP contribution in [0.3, 0.4) is 0 Å². The van der Waals surface area contributed by atoms with Crippen LogP contribution in [-0.4, -0.2) is 33.7 Å². The summed E-state index contributed by atoms with van der Waals surface area (Å²) in [6.07, 6.45) is 0.543. The quantitative estimate of drug-likeness (QED) is 0.572. The minimum atomic E-state index is -0.864. The topological polar surface area (TPSA) is 29.5 Å². The van der Waals surface area contributed by atoms with Gasteiger partial charge in [-0.15, -0.1) is 0 Å². The van der Waals surface area contributed by atoms with E-state index in [1.807, 2.05) is 30.3 Å². The highest BCUT2D eigenvalue weighted by Crippen LogP contribution is 2.46. The van der Waals surface area contributed by atoms with E-state index in [0.29, 0.717) is 10.5 Å². The number of carbonyl (C=O) groups excluding carboxylic acids is 1. The number of fused-ring (bicyclic) bond motifs is 1. The van der Waals surface area contributed by atoms with Crippen LogP contribution in [0.1, 0.15) is 18.4 Å². The lowest BCUT2D eigenvalue weighted by Crippen LogP contribution is -2.36. The van der Waals surface area contributed by atoms with Crippen molar-refractivity contribution < 1.29 is 13.9 Å². The fourth-order valence-corrected chi connectivity index (χ4v) is 3.71. The van der Waals surface area contributed by atoms with Crippen molar-refractivity contribution in [1.29, 1.82) is 0 Å². The van der Waals surface area contributed by atoms with Gasteiger partial charge in [-0.1, -0.05) is 52.9 Å². The molecule has 1 saturated heterocycles. The van der Waals surface area contributed by atoms with E-state index in [4.69, 9.17) is 4.74 Å². The molecule has 1 heterocycles. The molecule has 0 spiro atoms. The second-order valence-electron chi connectivity index (χ2n) is 5.45. The zero-order valence-corrected chi connectivity index (χ0v) is 13.2. The van der Waals surface area contributed by atoms with Gasteiger partial charge in [-0.2, -0.15) is 0 Å². The van der Waals surface area contributed by atoms with Crippen LogP contribution in [0.25, 0.3) is 0 Å². The third-order valence-corrected chi connectivity index (χ3v) is 5.18. The number of benzene rings is 1. The Morgan fingerprint density at radius 1 is 1.40 bits per heavy atom. The Balaban J connectivity index is 1.59. The number of halogens is 2. The molecule has 2 fully saturated rings. The van der Waals surface area contributed by atoms with Crippen LogP contribution in [0.4, 0.5) is 9.18 Å². The van der Waals surface area contributed by atoms with Crippen LogP contribution in [0.5, 0.6) is 0 Å². The normalized spacial score (nSPS) is 32.2. The van der Waals surface area contributed by atoms with Crippen molar-refractivity contribution in [2.45, 2.75) is 35.6 Å². The third kappa shape index (κ3) is 2.92. The lowest BCUT2D eigenvalue weighted by Gasteiger charge is -2.21. The summed E-state index contributed by atoms with van der Waals surface area (Å²) in [6, 6.07) is 9.30. The van der Waals surface area contributed by atoms with Gasteiger partial charge in [0.25, 0.3) is 0 Å². The van der Waals surface area contributed by atoms with Gasteiger partial charge in [-0.3, -0.25) is 0 Å². The molecule has 20 heavy (non-hydrogen) atoms. The van der Waals surface area contributed by atoms with Crippen LogP contribution in [0, 0.1) is 5.92 Å². The number of carbonyl (C=O) groups is 1. The average Bonchev–Trinajstić information content (AvgIpc) is 3.12. The van der Waals surface area contributed by atoms with Crippen LogP contribution < -0.4 is 0 Å². The maximum Gasteiger partial charge on any atom is 0.410 e. The molecule has 108 valence electrons. The molecular formula is C15H17FINO2. The predicted octanol–water partition coefficient (Wildman–Crippen LogP) is 3.56. The molecule has 1 saturated carbocycles. The van der Waals surface area contributed by atoms with Crippen molar-refractivity contribution >= 4 is 28.7 Å². The summed E-state index contributed by atoms with van der Waals surface area (Å²) in [5, 5.41) is 0. The Morgan fingerprint density at radius 2 is 2.15 bits per heavy atom. The zero-order chi connectivity index (χ0) is 14.1. The summed E-state index contributed by atoms with van der Waals surface area (Å²) in [5.74, 6) is 0.0173. The second kappa shape index (κ2) is 5.87. The molecule has 5 heteroatoms. The Bertz CT molecular complexity index is 484. The number of hydrogen-bond acceptors (Lipinski definition) is 2. The van der Waals surface area contributed by atoms with E-state index in [9.17, 15) is 9.18 Å². The van der Waals surface area contributed by atoms with Crippen molar-refractivity contribution in [3.8, 4) is 0 Å². The van der Waals surface area contributed by atoms with Gasteiger partial charge < -0.3 is 9.64 Å². The van der Waals surface area contributed by atoms with Crippen LogP contribution in [-0.2, 0) is 11.3 Å². The SMILES string of the molecule is O=C(OCc1ccccc1)N1CCC(I)CC2[C@H](F)[C@H]21. The zero-order valence-electron chi connectivity index (χ0n) is 11.0. The Labute approximate surface area is 131 Å². The van der Waals surface area contributed by atoms with Crippen LogP contribution >= 0.6 is 22.6 Å². The molecular weight excluding hydrogens is 372 g/mol. The maximum atomic E-state index is 13.8. The summed E-state index contributed by atoms with van der Waals surface area (Å²) in [6.45, 7) is 0.848. The molecule has 2 aliphatic rings. The first-order chi connectivity index (χ1) is 9.66. The molecule has 3 nitrogen and oxygen atoms in total. The minimum absolute atomic E-state index is 0.0173. The first kappa shape index (κ1) is 14.1. The molecule has 0 bridgehead atoms. The molecule has 1 aliphatic heterocycles. The molecule has 3 rings (SSSR count). The number of nitrogens with zero attached hydrogens (tertiary/aromatic N) is 1. The van der Waals surface area contributed by atoms with Gasteiger partial charge in [-0.25, -0.2) is 9.18 Å². The van der Waals surface area contributed by atoms with Gasteiger partial charge in [0.05, 0.1) is 6.04 Å². The largest absolute Gasteiger partial charge is 0.445 e. The number of ether oxygens (including phenoxy) is 1. The first-order valence-corrected chi connectivity index (χ1v) is 8.17. The van der Waals surface area contributed by atoms with Gasteiger partial charge in [0.2, 0.25) is 0 Å². The van der Waals surface area contributed by atoms with E-state index in [1.165, 1.54) is 0 Å². The van der Waals surface area contributed by atoms with Crippen molar-refractivity contribution in [3.63, 3.8) is 0 Å². The minimum Gasteiger partial charge on any atom is -0.445 e. The van der Waals surface area contributed by atoms with Crippen molar-refractivity contribution in [2.24, 2.45) is 5.92 Å². The summed E-state index contributed by atoms with van der Waals surface area (Å²) >= 11 is 2.35.